The smallest absolute Gasteiger partial charge is 0.0878 e. The van der Waals surface area contributed by atoms with E-state index in [1.807, 2.05) is 25.5 Å². The van der Waals surface area contributed by atoms with E-state index in [1.54, 1.807) is 6.20 Å². The first-order chi connectivity index (χ1) is 7.98. The van der Waals surface area contributed by atoms with Crippen molar-refractivity contribution in [2.45, 2.75) is 52.3 Å². The van der Waals surface area contributed by atoms with Gasteiger partial charge >= 0.3 is 0 Å². The minimum absolute atomic E-state index is 0.0872. The van der Waals surface area contributed by atoms with Crippen LogP contribution in [0.15, 0.2) is 6.20 Å². The van der Waals surface area contributed by atoms with Gasteiger partial charge in [-0.2, -0.15) is 0 Å². The standard InChI is InChI=1S/C11H23N5O/c1-5-6-16-10(7-13-15-16)9(14-12)8-17-11(2,3)4/h7,9,14H,5-6,8,12H2,1-4H3. The summed E-state index contributed by atoms with van der Waals surface area (Å²) in [7, 11) is 0. The van der Waals surface area contributed by atoms with Gasteiger partial charge in [0.1, 0.15) is 0 Å². The van der Waals surface area contributed by atoms with Crippen molar-refractivity contribution >= 4 is 0 Å². The maximum absolute atomic E-state index is 5.73. The van der Waals surface area contributed by atoms with Crippen LogP contribution in [0.4, 0.5) is 0 Å². The van der Waals surface area contributed by atoms with Crippen LogP contribution in [0.2, 0.25) is 0 Å². The number of aryl methyl sites for hydroxylation is 1. The molecule has 0 aliphatic heterocycles. The molecule has 6 nitrogen and oxygen atoms in total. The lowest BCUT2D eigenvalue weighted by Crippen LogP contribution is -2.35. The first-order valence-electron chi connectivity index (χ1n) is 5.96. The number of nitrogens with zero attached hydrogens (tertiary/aromatic N) is 3. The van der Waals surface area contributed by atoms with Gasteiger partial charge in [-0.1, -0.05) is 12.1 Å². The van der Waals surface area contributed by atoms with Crippen molar-refractivity contribution < 1.29 is 4.74 Å². The lowest BCUT2D eigenvalue weighted by molar-refractivity contribution is -0.0158. The van der Waals surface area contributed by atoms with Crippen molar-refractivity contribution in [1.29, 1.82) is 0 Å². The van der Waals surface area contributed by atoms with Crippen LogP contribution in [-0.4, -0.2) is 27.2 Å². The molecule has 0 fully saturated rings. The largest absolute Gasteiger partial charge is 0.374 e. The molecule has 1 heterocycles. The summed E-state index contributed by atoms with van der Waals surface area (Å²) in [5, 5.41) is 7.95. The van der Waals surface area contributed by atoms with Gasteiger partial charge in [0.2, 0.25) is 0 Å². The van der Waals surface area contributed by atoms with E-state index in [0.717, 1.165) is 18.7 Å². The van der Waals surface area contributed by atoms with Gasteiger partial charge < -0.3 is 4.74 Å². The number of nitrogens with one attached hydrogen (secondary N) is 1. The van der Waals surface area contributed by atoms with Crippen LogP contribution in [0, 0.1) is 0 Å². The molecule has 0 spiro atoms. The number of hydrogen-bond acceptors (Lipinski definition) is 5. The monoisotopic (exact) mass is 241 g/mol. The second kappa shape index (κ2) is 6.09. The molecule has 0 aliphatic carbocycles. The Balaban J connectivity index is 2.69. The summed E-state index contributed by atoms with van der Waals surface area (Å²) in [6, 6.07) is -0.0872. The molecule has 17 heavy (non-hydrogen) atoms. The van der Waals surface area contributed by atoms with E-state index < -0.39 is 0 Å². The van der Waals surface area contributed by atoms with Gasteiger partial charge in [0, 0.05) is 6.54 Å². The fourth-order valence-electron chi connectivity index (χ4n) is 1.47. The number of aromatic nitrogens is 3. The van der Waals surface area contributed by atoms with Gasteiger partial charge in [-0.15, -0.1) is 5.10 Å². The van der Waals surface area contributed by atoms with Crippen LogP contribution < -0.4 is 11.3 Å². The fourth-order valence-corrected chi connectivity index (χ4v) is 1.47. The molecule has 0 amide bonds. The summed E-state index contributed by atoms with van der Waals surface area (Å²) in [6.07, 6.45) is 2.74. The zero-order valence-corrected chi connectivity index (χ0v) is 11.1. The Morgan fingerprint density at radius 3 is 2.76 bits per heavy atom. The second-order valence-electron chi connectivity index (χ2n) is 5.02. The molecular formula is C11H23N5O. The Kier molecular flexibility index (Phi) is 5.04. The van der Waals surface area contributed by atoms with Gasteiger partial charge in [0.15, 0.2) is 0 Å². The number of hydrazine groups is 1. The van der Waals surface area contributed by atoms with Crippen molar-refractivity contribution in [1.82, 2.24) is 20.4 Å². The third-order valence-electron chi connectivity index (χ3n) is 2.32. The number of rotatable bonds is 6. The minimum Gasteiger partial charge on any atom is -0.374 e. The maximum atomic E-state index is 5.73. The van der Waals surface area contributed by atoms with Gasteiger partial charge in [-0.3, -0.25) is 5.84 Å². The third kappa shape index (κ3) is 4.41. The van der Waals surface area contributed by atoms with Crippen LogP contribution in [0.3, 0.4) is 0 Å². The minimum atomic E-state index is -0.182. The van der Waals surface area contributed by atoms with Crippen LogP contribution in [0.5, 0.6) is 0 Å². The summed E-state index contributed by atoms with van der Waals surface area (Å²) in [4.78, 5) is 0. The molecule has 3 N–H and O–H groups in total. The van der Waals surface area contributed by atoms with Crippen LogP contribution in [-0.2, 0) is 11.3 Å². The summed E-state index contributed by atoms with van der Waals surface area (Å²) in [5.41, 5.74) is 3.52. The number of hydrogen-bond donors (Lipinski definition) is 2. The highest BCUT2D eigenvalue weighted by atomic mass is 16.5. The van der Waals surface area contributed by atoms with Gasteiger partial charge in [0.25, 0.3) is 0 Å². The zero-order valence-electron chi connectivity index (χ0n) is 11.1. The molecule has 1 atom stereocenters. The Bertz CT molecular complexity index is 331. The van der Waals surface area contributed by atoms with Gasteiger partial charge in [-0.25, -0.2) is 10.1 Å². The lowest BCUT2D eigenvalue weighted by Gasteiger charge is -2.24. The zero-order chi connectivity index (χ0) is 12.9. The quantitative estimate of drug-likeness (QED) is 0.574. The lowest BCUT2D eigenvalue weighted by atomic mass is 10.2. The summed E-state index contributed by atoms with van der Waals surface area (Å²) in [6.45, 7) is 9.48. The Morgan fingerprint density at radius 2 is 2.24 bits per heavy atom. The molecule has 0 radical (unpaired) electrons. The average molecular weight is 241 g/mol. The molecule has 98 valence electrons. The number of ether oxygens (including phenoxy) is 1. The van der Waals surface area contributed by atoms with Crippen molar-refractivity contribution in [3.05, 3.63) is 11.9 Å². The SMILES string of the molecule is CCCn1nncc1C(COC(C)(C)C)NN. The Hall–Kier alpha value is -0.980. The Labute approximate surface area is 102 Å². The van der Waals surface area contributed by atoms with E-state index in [0.29, 0.717) is 6.61 Å². The number of nitrogens with two attached hydrogens (primary N) is 1. The van der Waals surface area contributed by atoms with Crippen molar-refractivity contribution in [3.8, 4) is 0 Å². The highest BCUT2D eigenvalue weighted by molar-refractivity contribution is 5.02. The maximum Gasteiger partial charge on any atom is 0.0878 e. The van der Waals surface area contributed by atoms with Crippen LogP contribution >= 0.6 is 0 Å². The van der Waals surface area contributed by atoms with E-state index in [2.05, 4.69) is 22.7 Å². The molecule has 1 unspecified atom stereocenters. The van der Waals surface area contributed by atoms with E-state index in [1.165, 1.54) is 0 Å². The van der Waals surface area contributed by atoms with Gasteiger partial charge in [-0.05, 0) is 27.2 Å². The molecule has 0 aliphatic rings. The topological polar surface area (TPSA) is 78.0 Å². The molecule has 1 rings (SSSR count). The van der Waals surface area contributed by atoms with Crippen LogP contribution in [0.1, 0.15) is 45.9 Å². The fraction of sp³-hybridized carbons (Fsp3) is 0.818. The molecule has 0 bridgehead atoms. The Morgan fingerprint density at radius 1 is 1.53 bits per heavy atom. The van der Waals surface area contributed by atoms with E-state index >= 15 is 0 Å². The molecule has 6 heteroatoms. The van der Waals surface area contributed by atoms with Crippen molar-refractivity contribution in [3.63, 3.8) is 0 Å². The second-order valence-corrected chi connectivity index (χ2v) is 5.02. The molecule has 1 aromatic heterocycles. The average Bonchev–Trinajstić information content (AvgIpc) is 2.66. The summed E-state index contributed by atoms with van der Waals surface area (Å²) < 4.78 is 7.59. The molecule has 0 aromatic carbocycles. The highest BCUT2D eigenvalue weighted by Crippen LogP contribution is 2.15. The first kappa shape index (κ1) is 14.1. The van der Waals surface area contributed by atoms with E-state index in [-0.39, 0.29) is 11.6 Å². The molecule has 1 aromatic rings. The van der Waals surface area contributed by atoms with Crippen molar-refractivity contribution in [2.75, 3.05) is 6.61 Å². The highest BCUT2D eigenvalue weighted by Gasteiger charge is 2.19. The predicted molar refractivity (Wildman–Crippen MR) is 66.1 cm³/mol. The summed E-state index contributed by atoms with van der Waals surface area (Å²) in [5.74, 6) is 5.56. The van der Waals surface area contributed by atoms with Gasteiger partial charge in [0.05, 0.1) is 30.1 Å². The predicted octanol–water partition coefficient (Wildman–Crippen LogP) is 1.01. The van der Waals surface area contributed by atoms with Crippen molar-refractivity contribution in [2.24, 2.45) is 5.84 Å². The molecular weight excluding hydrogens is 218 g/mol. The molecule has 0 saturated heterocycles. The van der Waals surface area contributed by atoms with E-state index in [4.69, 9.17) is 10.6 Å². The first-order valence-corrected chi connectivity index (χ1v) is 5.96. The third-order valence-corrected chi connectivity index (χ3v) is 2.32. The normalized spacial score (nSPS) is 13.9. The van der Waals surface area contributed by atoms with Crippen LogP contribution in [0.25, 0.3) is 0 Å². The summed E-state index contributed by atoms with van der Waals surface area (Å²) >= 11 is 0. The molecule has 0 saturated carbocycles. The van der Waals surface area contributed by atoms with E-state index in [9.17, 15) is 0 Å².